The third kappa shape index (κ3) is 3.99. The van der Waals surface area contributed by atoms with E-state index >= 15 is 0 Å². The molecule has 0 radical (unpaired) electrons. The van der Waals surface area contributed by atoms with Crippen LogP contribution >= 0.6 is 0 Å². The maximum absolute atomic E-state index is 10.9. The van der Waals surface area contributed by atoms with Crippen LogP contribution in [0.3, 0.4) is 0 Å². The van der Waals surface area contributed by atoms with Gasteiger partial charge >= 0.3 is 13.0 Å². The molecule has 0 unspecified atom stereocenters. The number of hydrogen-bond acceptors (Lipinski definition) is 6. The number of rotatable bonds is 3. The second-order valence-electron chi connectivity index (χ2n) is 3.45. The van der Waals surface area contributed by atoms with E-state index in [-0.39, 0.29) is 6.61 Å². The van der Waals surface area contributed by atoms with Crippen molar-refractivity contribution in [2.45, 2.75) is 13.8 Å². The number of esters is 1. The zero-order valence-corrected chi connectivity index (χ0v) is 11.2. The molecule has 1 aromatic rings. The number of fused-ring (bicyclic) bond motifs is 1. The molecular formula is C12H17BN2O4. The standard InChI is InChI=1S/C10H11BN2O4.C2H6/c1-16-10(14)6-17-8-3-2-7-5-12-13-11(15)9(7)4-8;1-2/h2-5,13,15H,6H2,1H3;1-2H3. The first-order valence-corrected chi connectivity index (χ1v) is 6.01. The summed E-state index contributed by atoms with van der Waals surface area (Å²) < 4.78 is 9.67. The van der Waals surface area contributed by atoms with Gasteiger partial charge in [-0.25, -0.2) is 4.79 Å². The smallest absolute Gasteiger partial charge is 0.464 e. The van der Waals surface area contributed by atoms with Gasteiger partial charge in [-0.1, -0.05) is 19.9 Å². The molecule has 1 heterocycles. The normalized spacial score (nSPS) is 11.7. The summed E-state index contributed by atoms with van der Waals surface area (Å²) in [6.07, 6.45) is 1.60. The Morgan fingerprint density at radius 2 is 2.21 bits per heavy atom. The quantitative estimate of drug-likeness (QED) is 0.588. The molecule has 0 aromatic heterocycles. The van der Waals surface area contributed by atoms with Crippen LogP contribution in [0.2, 0.25) is 0 Å². The molecule has 102 valence electrons. The van der Waals surface area contributed by atoms with Gasteiger partial charge in [-0.15, -0.1) is 0 Å². The van der Waals surface area contributed by atoms with Crippen LogP contribution < -0.4 is 15.5 Å². The van der Waals surface area contributed by atoms with E-state index in [2.05, 4.69) is 15.2 Å². The molecule has 0 spiro atoms. The monoisotopic (exact) mass is 264 g/mol. The number of hydrogen-bond donors (Lipinski definition) is 2. The molecule has 0 aliphatic carbocycles. The fraction of sp³-hybridized carbons (Fsp3) is 0.333. The number of benzene rings is 1. The Morgan fingerprint density at radius 1 is 1.47 bits per heavy atom. The van der Waals surface area contributed by atoms with Crippen molar-refractivity contribution >= 4 is 24.7 Å². The summed E-state index contributed by atoms with van der Waals surface area (Å²) in [5.41, 5.74) is 1.46. The zero-order chi connectivity index (χ0) is 14.3. The van der Waals surface area contributed by atoms with Crippen LogP contribution in [-0.4, -0.2) is 38.0 Å². The van der Waals surface area contributed by atoms with Gasteiger partial charge in [0.25, 0.3) is 0 Å². The van der Waals surface area contributed by atoms with Gasteiger partial charge in [0.1, 0.15) is 5.75 Å². The van der Waals surface area contributed by atoms with Crippen LogP contribution in [0.4, 0.5) is 0 Å². The van der Waals surface area contributed by atoms with E-state index in [0.717, 1.165) is 5.56 Å². The van der Waals surface area contributed by atoms with Gasteiger partial charge in [-0.3, -0.25) is 0 Å². The van der Waals surface area contributed by atoms with Crippen molar-refractivity contribution in [3.63, 3.8) is 0 Å². The molecule has 0 atom stereocenters. The molecule has 19 heavy (non-hydrogen) atoms. The van der Waals surface area contributed by atoms with Gasteiger partial charge in [0.05, 0.1) is 13.3 Å². The lowest BCUT2D eigenvalue weighted by Gasteiger charge is -2.15. The van der Waals surface area contributed by atoms with E-state index in [1.54, 1.807) is 24.4 Å². The highest BCUT2D eigenvalue weighted by molar-refractivity contribution is 6.65. The maximum Gasteiger partial charge on any atom is 0.464 e. The van der Waals surface area contributed by atoms with Crippen molar-refractivity contribution in [3.05, 3.63) is 23.8 Å². The summed E-state index contributed by atoms with van der Waals surface area (Å²) in [6.45, 7) is 3.84. The zero-order valence-electron chi connectivity index (χ0n) is 11.2. The number of nitrogens with zero attached hydrogens (tertiary/aromatic N) is 1. The predicted octanol–water partition coefficient (Wildman–Crippen LogP) is -0.111. The molecule has 2 N–H and O–H groups in total. The second-order valence-corrected chi connectivity index (χ2v) is 3.45. The Balaban J connectivity index is 0.000000861. The Bertz CT molecular complexity index is 465. The van der Waals surface area contributed by atoms with Gasteiger partial charge in [-0.05, 0) is 23.2 Å². The lowest BCUT2D eigenvalue weighted by atomic mass is 9.72. The first kappa shape index (κ1) is 15.0. The minimum Gasteiger partial charge on any atom is -0.482 e. The Kier molecular flexibility index (Phi) is 5.88. The van der Waals surface area contributed by atoms with Crippen molar-refractivity contribution in [1.82, 2.24) is 5.34 Å². The molecule has 0 saturated carbocycles. The summed E-state index contributed by atoms with van der Waals surface area (Å²) in [4.78, 5) is 10.9. The van der Waals surface area contributed by atoms with Crippen LogP contribution in [0.1, 0.15) is 19.4 Å². The van der Waals surface area contributed by atoms with E-state index in [1.165, 1.54) is 7.11 Å². The van der Waals surface area contributed by atoms with Crippen molar-refractivity contribution in [3.8, 4) is 5.75 Å². The Hall–Kier alpha value is -2.02. The van der Waals surface area contributed by atoms with Crippen molar-refractivity contribution < 1.29 is 19.3 Å². The molecule has 0 amide bonds. The van der Waals surface area contributed by atoms with Gasteiger partial charge in [0.15, 0.2) is 6.61 Å². The van der Waals surface area contributed by atoms with Gasteiger partial charge in [0.2, 0.25) is 0 Å². The molecule has 1 aromatic carbocycles. The highest BCUT2D eigenvalue weighted by atomic mass is 16.6. The van der Waals surface area contributed by atoms with Crippen LogP contribution in [-0.2, 0) is 9.53 Å². The topological polar surface area (TPSA) is 80.2 Å². The molecular weight excluding hydrogens is 247 g/mol. The number of ether oxygens (including phenoxy) is 2. The minimum absolute atomic E-state index is 0.160. The molecule has 0 bridgehead atoms. The highest BCUT2D eigenvalue weighted by Gasteiger charge is 2.21. The van der Waals surface area contributed by atoms with Crippen LogP contribution in [0.15, 0.2) is 23.3 Å². The van der Waals surface area contributed by atoms with Crippen LogP contribution in [0.25, 0.3) is 0 Å². The second kappa shape index (κ2) is 7.43. The lowest BCUT2D eigenvalue weighted by molar-refractivity contribution is -0.142. The lowest BCUT2D eigenvalue weighted by Crippen LogP contribution is -2.46. The molecule has 2 rings (SSSR count). The third-order valence-electron chi connectivity index (χ3n) is 2.34. The van der Waals surface area contributed by atoms with Crippen LogP contribution in [0, 0.1) is 0 Å². The molecule has 7 heteroatoms. The van der Waals surface area contributed by atoms with Gasteiger partial charge < -0.3 is 19.8 Å². The largest absolute Gasteiger partial charge is 0.482 e. The number of methoxy groups -OCH3 is 1. The number of nitrogens with one attached hydrogen (secondary N) is 1. The third-order valence-corrected chi connectivity index (χ3v) is 2.34. The van der Waals surface area contributed by atoms with Crippen LogP contribution in [0.5, 0.6) is 5.75 Å². The summed E-state index contributed by atoms with van der Waals surface area (Å²) in [5.74, 6) is 0.0354. The fourth-order valence-corrected chi connectivity index (χ4v) is 1.45. The van der Waals surface area contributed by atoms with Crippen molar-refractivity contribution in [2.24, 2.45) is 5.10 Å². The summed E-state index contributed by atoms with van der Waals surface area (Å²) in [5, 5.41) is 15.9. The van der Waals surface area contributed by atoms with E-state index in [0.29, 0.717) is 11.2 Å². The van der Waals surface area contributed by atoms with E-state index in [4.69, 9.17) is 4.74 Å². The molecule has 0 saturated heterocycles. The van der Waals surface area contributed by atoms with E-state index in [1.807, 2.05) is 13.8 Å². The molecule has 0 fully saturated rings. The van der Waals surface area contributed by atoms with Gasteiger partial charge in [0, 0.05) is 0 Å². The molecule has 6 nitrogen and oxygen atoms in total. The van der Waals surface area contributed by atoms with Crippen molar-refractivity contribution in [2.75, 3.05) is 13.7 Å². The summed E-state index contributed by atoms with van der Waals surface area (Å²) in [6, 6.07) is 5.11. The summed E-state index contributed by atoms with van der Waals surface area (Å²) in [7, 11) is 0.430. The number of carbonyl (C=O) groups excluding carboxylic acids is 1. The van der Waals surface area contributed by atoms with Gasteiger partial charge in [-0.2, -0.15) is 5.10 Å². The van der Waals surface area contributed by atoms with E-state index in [9.17, 15) is 9.82 Å². The first-order chi connectivity index (χ1) is 9.20. The first-order valence-electron chi connectivity index (χ1n) is 6.01. The SMILES string of the molecule is CC.COC(=O)COc1ccc2c(c1)B(O)NN=C2. The van der Waals surface area contributed by atoms with Crippen molar-refractivity contribution in [1.29, 1.82) is 0 Å². The summed E-state index contributed by atoms with van der Waals surface area (Å²) >= 11 is 0. The highest BCUT2D eigenvalue weighted by Crippen LogP contribution is 2.11. The molecule has 1 aliphatic rings. The minimum atomic E-state index is -0.864. The predicted molar refractivity (Wildman–Crippen MR) is 73.6 cm³/mol. The average molecular weight is 264 g/mol. The average Bonchev–Trinajstić information content (AvgIpc) is 2.47. The van der Waals surface area contributed by atoms with E-state index < -0.39 is 13.0 Å². The fourth-order valence-electron chi connectivity index (χ4n) is 1.45. The Morgan fingerprint density at radius 3 is 2.89 bits per heavy atom. The maximum atomic E-state index is 10.9. The molecule has 1 aliphatic heterocycles. The number of carbonyl (C=O) groups is 1. The Labute approximate surface area is 112 Å². The number of hydrazone groups is 1.